The van der Waals surface area contributed by atoms with Crippen LogP contribution in [-0.2, 0) is 71.5 Å². The maximum absolute atomic E-state index is 10.7. The maximum atomic E-state index is 10.7. The van der Waals surface area contributed by atoms with E-state index >= 15 is 0 Å². The summed E-state index contributed by atoms with van der Waals surface area (Å²) in [4.78, 5) is 20.8. The lowest BCUT2D eigenvalue weighted by Crippen LogP contribution is -2.34. The molecule has 19 nitrogen and oxygen atoms in total. The first kappa shape index (κ1) is 85.8. The summed E-state index contributed by atoms with van der Waals surface area (Å²) in [5.74, 6) is 0.900. The molecule has 1 saturated carbocycles. The van der Waals surface area contributed by atoms with Gasteiger partial charge in [-0.25, -0.2) is 8.42 Å². The molecule has 0 spiro atoms. The zero-order valence-corrected chi connectivity index (χ0v) is 57.6. The van der Waals surface area contributed by atoms with E-state index in [-0.39, 0.29) is 76.3 Å². The second-order valence-electron chi connectivity index (χ2n) is 28.8. The number of sulfone groups is 1. The van der Waals surface area contributed by atoms with E-state index < -0.39 is 21.3 Å². The van der Waals surface area contributed by atoms with Crippen molar-refractivity contribution in [2.45, 2.75) is 268 Å². The molecule has 0 bridgehead atoms. The van der Waals surface area contributed by atoms with E-state index in [1.165, 1.54) is 6.26 Å². The van der Waals surface area contributed by atoms with Crippen molar-refractivity contribution in [1.82, 2.24) is 5.32 Å². The number of amides is 2. The molecule has 3 saturated heterocycles. The van der Waals surface area contributed by atoms with Crippen molar-refractivity contribution < 1.29 is 80.3 Å². The van der Waals surface area contributed by atoms with Crippen LogP contribution in [-0.4, -0.2) is 198 Å². The third-order valence-corrected chi connectivity index (χ3v) is 11.0. The highest BCUT2D eigenvalue weighted by Gasteiger charge is 2.41. The number of nitrogens with two attached hydrogens (primary N) is 1. The fraction of sp³-hybridized carbons (Fsp3) is 0.967. The van der Waals surface area contributed by atoms with Crippen molar-refractivity contribution in [3.8, 4) is 0 Å². The van der Waals surface area contributed by atoms with E-state index in [2.05, 4.69) is 74.6 Å². The summed E-state index contributed by atoms with van der Waals surface area (Å²) in [6, 6.07) is 0. The number of aliphatic hydroxyl groups excluding tert-OH is 1. The normalized spacial score (nSPS) is 18.6. The molecule has 81 heavy (non-hydrogen) atoms. The second kappa shape index (κ2) is 40.7. The van der Waals surface area contributed by atoms with E-state index in [0.29, 0.717) is 50.3 Å². The fourth-order valence-electron chi connectivity index (χ4n) is 5.62. The van der Waals surface area contributed by atoms with Crippen LogP contribution in [0.3, 0.4) is 0 Å². The molecule has 490 valence electrons. The Morgan fingerprint density at radius 1 is 0.580 bits per heavy atom. The molecule has 20 heteroatoms. The number of rotatable bonds is 16. The van der Waals surface area contributed by atoms with Crippen LogP contribution in [0.5, 0.6) is 0 Å². The highest BCUT2D eigenvalue weighted by atomic mass is 32.2. The van der Waals surface area contributed by atoms with Crippen molar-refractivity contribution in [1.29, 1.82) is 0 Å². The number of carbonyl (C=O) groups is 2. The Balaban J connectivity index is -0.000000419. The molecule has 5 N–H and O–H groups in total. The molecule has 0 radical (unpaired) electrons. The first-order valence-electron chi connectivity index (χ1n) is 29.1. The zero-order chi connectivity index (χ0) is 64.4. The van der Waals surface area contributed by atoms with Gasteiger partial charge in [-0.2, -0.15) is 0 Å². The number of likely N-dealkylation sites (N-methyl/N-ethyl adjacent to an activating group) is 1. The number of hydrogen-bond acceptors (Lipinski definition) is 17. The Kier molecular flexibility index (Phi) is 43.1. The number of nitrogens with one attached hydrogen (secondary N) is 1. The van der Waals surface area contributed by atoms with Gasteiger partial charge in [0.25, 0.3) is 0 Å². The summed E-state index contributed by atoms with van der Waals surface area (Å²) in [5, 5.41) is 20.1. The van der Waals surface area contributed by atoms with Gasteiger partial charge in [0.1, 0.15) is 23.1 Å². The van der Waals surface area contributed by atoms with Crippen molar-refractivity contribution in [3.05, 3.63) is 0 Å². The standard InChI is InChI=1S/2C9H18O2.C8H18O3S.2C8H16O2.C7H15NO2.C6H13NO2.C6H14O2/c1-7-5-10-6-8(7)11-9(2,3)4;1-9(2,3)11-8-4-6-10-7-5-8;1-8(2,3)11-6-5-7-12(4,9)10;1-8(2,3)10-6-7-4-9-5-7;1-7(2,3)10-6-8(9)4-5-8;1-7(2,3)10-5-6(9)8-4;1-6(2,3)9-4-5(7)8;1-6(2,3)8-5-4-7/h7-8H,5-6H2,1-4H3;8H,4-7H2,1-3H3;5-7H2,1-4H3;7H,4-6H2,1-3H3;9H,4-6H2,1-3H3;5H2,1-4H3,(H,8,9);4H2,1-3H3,(H2,7,8);7H,4-5H2,1-3H3. The van der Waals surface area contributed by atoms with Gasteiger partial charge >= 0.3 is 0 Å². The molecule has 3 heterocycles. The van der Waals surface area contributed by atoms with E-state index in [4.69, 9.17) is 62.9 Å². The predicted molar refractivity (Wildman–Crippen MR) is 327 cm³/mol. The summed E-state index contributed by atoms with van der Waals surface area (Å²) in [7, 11) is -1.23. The molecule has 0 aromatic carbocycles. The van der Waals surface area contributed by atoms with Crippen LogP contribution < -0.4 is 11.1 Å². The minimum absolute atomic E-state index is 0.00199. The number of aliphatic hydroxyl groups is 2. The number of carbonyl (C=O) groups excluding carboxylic acids is 2. The van der Waals surface area contributed by atoms with Crippen LogP contribution in [0.25, 0.3) is 0 Å². The van der Waals surface area contributed by atoms with Crippen LogP contribution in [0.15, 0.2) is 0 Å². The van der Waals surface area contributed by atoms with Gasteiger partial charge in [-0.15, -0.1) is 0 Å². The average molecular weight is 1190 g/mol. The van der Waals surface area contributed by atoms with Crippen LogP contribution in [0, 0.1) is 11.8 Å². The van der Waals surface area contributed by atoms with Gasteiger partial charge in [0.15, 0.2) is 0 Å². The number of hydrogen-bond donors (Lipinski definition) is 4. The van der Waals surface area contributed by atoms with Crippen LogP contribution in [0.1, 0.15) is 205 Å². The van der Waals surface area contributed by atoms with E-state index in [1.54, 1.807) is 7.05 Å². The fourth-order valence-corrected chi connectivity index (χ4v) is 6.26. The SMILES string of the molecule is CC(C)(C)OC1CCOCC1.CC(C)(C)OCC(N)=O.CC(C)(C)OCC1(O)CC1.CC(C)(C)OCC1COC1.CC(C)(C)OCCCS(C)(=O)=O.CC(C)(C)OCCO.CC1COCC1OC(C)(C)C.CNC(=O)COC(C)(C)C. The Morgan fingerprint density at radius 3 is 1.30 bits per heavy atom. The highest BCUT2D eigenvalue weighted by molar-refractivity contribution is 7.90. The lowest BCUT2D eigenvalue weighted by atomic mass is 10.1. The molecule has 4 aliphatic rings. The smallest absolute Gasteiger partial charge is 0.245 e. The van der Waals surface area contributed by atoms with Crippen LogP contribution in [0.2, 0.25) is 0 Å². The van der Waals surface area contributed by atoms with Gasteiger partial charge in [0.05, 0.1) is 121 Å². The Hall–Kier alpha value is -1.63. The summed E-state index contributed by atoms with van der Waals surface area (Å²) < 4.78 is 80.2. The third-order valence-electron chi connectivity index (χ3n) is 9.93. The quantitative estimate of drug-likeness (QED) is 0.105. The van der Waals surface area contributed by atoms with Crippen LogP contribution >= 0.6 is 0 Å². The molecule has 0 aromatic rings. The second-order valence-corrected chi connectivity index (χ2v) is 31.1. The van der Waals surface area contributed by atoms with Gasteiger partial charge in [-0.1, -0.05) is 6.92 Å². The first-order valence-corrected chi connectivity index (χ1v) is 31.2. The number of ether oxygens (including phenoxy) is 11. The topological polar surface area (TPSA) is 248 Å². The highest BCUT2D eigenvalue weighted by Crippen LogP contribution is 2.36. The lowest BCUT2D eigenvalue weighted by molar-refractivity contribution is -0.130. The minimum atomic E-state index is -2.82. The average Bonchev–Trinajstić information content (AvgIpc) is 3.87. The Morgan fingerprint density at radius 2 is 1.00 bits per heavy atom. The number of primary amides is 1. The van der Waals surface area contributed by atoms with E-state index in [0.717, 1.165) is 71.9 Å². The lowest BCUT2D eigenvalue weighted by Gasteiger charge is -2.30. The summed E-state index contributed by atoms with van der Waals surface area (Å²) >= 11 is 0. The van der Waals surface area contributed by atoms with Crippen molar-refractivity contribution in [2.75, 3.05) is 105 Å². The molecule has 0 aromatic heterocycles. The molecule has 4 rings (SSSR count). The molecule has 3 aliphatic heterocycles. The van der Waals surface area contributed by atoms with Crippen molar-refractivity contribution >= 4 is 21.7 Å². The third kappa shape index (κ3) is 74.4. The Bertz CT molecular complexity index is 1670. The molecule has 1 aliphatic carbocycles. The molecular formula is C61H128N2O17S. The van der Waals surface area contributed by atoms with Gasteiger partial charge < -0.3 is 73.4 Å². The largest absolute Gasteiger partial charge is 0.394 e. The molecule has 4 fully saturated rings. The molecule has 2 atom stereocenters. The Labute approximate surface area is 495 Å². The van der Waals surface area contributed by atoms with Crippen molar-refractivity contribution in [2.24, 2.45) is 17.6 Å². The zero-order valence-electron chi connectivity index (χ0n) is 56.7. The van der Waals surface area contributed by atoms with Crippen molar-refractivity contribution in [3.63, 3.8) is 0 Å². The van der Waals surface area contributed by atoms with E-state index in [1.807, 2.05) is 104 Å². The van der Waals surface area contributed by atoms with Gasteiger partial charge in [-0.3, -0.25) is 9.59 Å². The van der Waals surface area contributed by atoms with Gasteiger partial charge in [-0.05, 0) is 198 Å². The summed E-state index contributed by atoms with van der Waals surface area (Å²) in [5.41, 5.74) is 3.46. The molecule has 2 amide bonds. The summed E-state index contributed by atoms with van der Waals surface area (Å²) in [6.07, 6.45) is 6.46. The monoisotopic (exact) mass is 1190 g/mol. The first-order chi connectivity index (χ1) is 36.2. The maximum Gasteiger partial charge on any atom is 0.245 e. The molecule has 2 unspecified atom stereocenters. The van der Waals surface area contributed by atoms with Gasteiger partial charge in [0.2, 0.25) is 11.8 Å². The summed E-state index contributed by atoms with van der Waals surface area (Å²) in [6.45, 7) is 57.7. The van der Waals surface area contributed by atoms with Crippen LogP contribution in [0.4, 0.5) is 0 Å². The molecular weight excluding hydrogens is 1060 g/mol. The minimum Gasteiger partial charge on any atom is -0.394 e. The van der Waals surface area contributed by atoms with E-state index in [9.17, 15) is 23.1 Å². The predicted octanol–water partition coefficient (Wildman–Crippen LogP) is 9.46. The van der Waals surface area contributed by atoms with Gasteiger partial charge in [0, 0.05) is 45.0 Å².